The molecule has 12 aromatic rings. The molecule has 3 aromatic heterocycles. The number of hydrogen-bond donors (Lipinski definition) is 0. The largest absolute Gasteiger partial charge is 0.456 e. The van der Waals surface area contributed by atoms with Crippen LogP contribution < -0.4 is 0 Å². The van der Waals surface area contributed by atoms with Gasteiger partial charge in [0.15, 0.2) is 0 Å². The first-order valence-electron chi connectivity index (χ1n) is 20.0. The molecule has 1 unspecified atom stereocenters. The number of hydrogen-bond acceptors (Lipinski definition) is 3. The molecule has 1 atom stereocenters. The molecule has 0 spiro atoms. The van der Waals surface area contributed by atoms with E-state index in [0.29, 0.717) is 0 Å². The van der Waals surface area contributed by atoms with Crippen LogP contribution in [-0.4, -0.2) is 14.5 Å². The first-order chi connectivity index (χ1) is 28.7. The molecule has 0 amide bonds. The van der Waals surface area contributed by atoms with Gasteiger partial charge >= 0.3 is 0 Å². The fourth-order valence-electron chi connectivity index (χ4n) is 9.90. The minimum atomic E-state index is -0.0366. The fourth-order valence-corrected chi connectivity index (χ4v) is 9.90. The summed E-state index contributed by atoms with van der Waals surface area (Å²) in [5.41, 5.74) is 13.4. The highest BCUT2D eigenvalue weighted by atomic mass is 16.3. The number of para-hydroxylation sites is 3. The Hall–Kier alpha value is -7.56. The predicted molar refractivity (Wildman–Crippen MR) is 239 cm³/mol. The van der Waals surface area contributed by atoms with E-state index < -0.39 is 0 Å². The summed E-state index contributed by atoms with van der Waals surface area (Å²) in [5.74, 6) is 0.811. The van der Waals surface area contributed by atoms with Gasteiger partial charge in [-0.05, 0) is 99.4 Å². The maximum Gasteiger partial charge on any atom is 0.137 e. The van der Waals surface area contributed by atoms with Gasteiger partial charge in [0.25, 0.3) is 0 Å². The van der Waals surface area contributed by atoms with Crippen LogP contribution in [0.15, 0.2) is 186 Å². The van der Waals surface area contributed by atoms with E-state index >= 15 is 0 Å². The summed E-state index contributed by atoms with van der Waals surface area (Å²) in [6.07, 6.45) is 0.797. The van der Waals surface area contributed by atoms with Crippen molar-refractivity contribution in [2.24, 2.45) is 0 Å². The van der Waals surface area contributed by atoms with Crippen molar-refractivity contribution >= 4 is 76.2 Å². The maximum absolute atomic E-state index is 6.31. The number of aromatic nitrogens is 3. The Labute approximate surface area is 333 Å². The molecule has 13 rings (SSSR count). The van der Waals surface area contributed by atoms with Gasteiger partial charge in [0.05, 0.1) is 22.2 Å². The van der Waals surface area contributed by atoms with Crippen LogP contribution in [0.3, 0.4) is 0 Å². The van der Waals surface area contributed by atoms with Crippen molar-refractivity contribution in [3.8, 4) is 28.1 Å². The van der Waals surface area contributed by atoms with Crippen molar-refractivity contribution in [3.05, 3.63) is 199 Å². The summed E-state index contributed by atoms with van der Waals surface area (Å²) in [6, 6.07) is 65.6. The maximum atomic E-state index is 6.31. The Balaban J connectivity index is 1.04. The van der Waals surface area contributed by atoms with Crippen LogP contribution in [0, 0.1) is 0 Å². The van der Waals surface area contributed by atoms with Gasteiger partial charge < -0.3 is 8.98 Å². The van der Waals surface area contributed by atoms with Crippen LogP contribution in [-0.2, 0) is 6.42 Å². The smallest absolute Gasteiger partial charge is 0.137 e. The topological polar surface area (TPSA) is 43.9 Å². The molecule has 3 heterocycles. The summed E-state index contributed by atoms with van der Waals surface area (Å²) >= 11 is 0. The number of furan rings is 1. The first kappa shape index (κ1) is 31.6. The van der Waals surface area contributed by atoms with Crippen LogP contribution in [0.2, 0.25) is 0 Å². The van der Waals surface area contributed by atoms with Crippen LogP contribution in [0.5, 0.6) is 0 Å². The monoisotopic (exact) mass is 739 g/mol. The number of rotatable bonds is 3. The molecule has 0 bridgehead atoms. The third-order valence-corrected chi connectivity index (χ3v) is 12.5. The van der Waals surface area contributed by atoms with E-state index in [2.05, 4.69) is 180 Å². The zero-order chi connectivity index (χ0) is 37.9. The Kier molecular flexibility index (Phi) is 6.53. The molecule has 9 aromatic carbocycles. The van der Waals surface area contributed by atoms with Gasteiger partial charge in [-0.1, -0.05) is 127 Å². The summed E-state index contributed by atoms with van der Waals surface area (Å²) in [7, 11) is 0. The number of fused-ring (bicyclic) bond motifs is 14. The molecular formula is C54H33N3O. The SMILES string of the molecule is c1ccc(-n2c3ccccc3c3cc(-c4nc(C5Cc6cc7ccc8oc9ccccc9c8c7cc6-c6ccccc65)nc5c4ccc4ccccc45)ccc32)cc1. The second-order valence-electron chi connectivity index (χ2n) is 15.6. The van der Waals surface area contributed by atoms with E-state index in [0.717, 1.165) is 62.0 Å². The van der Waals surface area contributed by atoms with Crippen LogP contribution >= 0.6 is 0 Å². The van der Waals surface area contributed by atoms with Gasteiger partial charge in [0, 0.05) is 49.5 Å². The molecule has 58 heavy (non-hydrogen) atoms. The fraction of sp³-hybridized carbons (Fsp3) is 0.0370. The lowest BCUT2D eigenvalue weighted by molar-refractivity contribution is 0.669. The zero-order valence-corrected chi connectivity index (χ0v) is 31.4. The third kappa shape index (κ3) is 4.51. The molecule has 0 N–H and O–H groups in total. The highest BCUT2D eigenvalue weighted by Gasteiger charge is 2.30. The van der Waals surface area contributed by atoms with Crippen molar-refractivity contribution in [2.45, 2.75) is 12.3 Å². The van der Waals surface area contributed by atoms with E-state index in [1.165, 1.54) is 65.6 Å². The van der Waals surface area contributed by atoms with Crippen LogP contribution in [0.4, 0.5) is 0 Å². The molecule has 0 aliphatic heterocycles. The molecule has 0 saturated heterocycles. The van der Waals surface area contributed by atoms with Gasteiger partial charge in [0.1, 0.15) is 17.0 Å². The van der Waals surface area contributed by atoms with Crippen molar-refractivity contribution < 1.29 is 4.42 Å². The average Bonchev–Trinajstić information content (AvgIpc) is 3.84. The van der Waals surface area contributed by atoms with Crippen molar-refractivity contribution in [3.63, 3.8) is 0 Å². The van der Waals surface area contributed by atoms with Gasteiger partial charge in [0.2, 0.25) is 0 Å². The van der Waals surface area contributed by atoms with Crippen molar-refractivity contribution in [2.75, 3.05) is 0 Å². The molecule has 1 aliphatic carbocycles. The van der Waals surface area contributed by atoms with Crippen molar-refractivity contribution in [1.29, 1.82) is 0 Å². The van der Waals surface area contributed by atoms with E-state index in [4.69, 9.17) is 14.4 Å². The summed E-state index contributed by atoms with van der Waals surface area (Å²) in [5, 5.41) is 10.5. The minimum absolute atomic E-state index is 0.0366. The van der Waals surface area contributed by atoms with E-state index in [-0.39, 0.29) is 5.92 Å². The summed E-state index contributed by atoms with van der Waals surface area (Å²) in [4.78, 5) is 11.2. The Bertz CT molecular complexity index is 3670. The average molecular weight is 740 g/mol. The zero-order valence-electron chi connectivity index (χ0n) is 31.4. The molecular weight excluding hydrogens is 707 g/mol. The second kappa shape index (κ2) is 12.0. The Morgan fingerprint density at radius 2 is 1.24 bits per heavy atom. The molecule has 0 radical (unpaired) electrons. The van der Waals surface area contributed by atoms with Crippen molar-refractivity contribution in [1.82, 2.24) is 14.5 Å². The highest BCUT2D eigenvalue weighted by Crippen LogP contribution is 2.46. The Morgan fingerprint density at radius 3 is 2.17 bits per heavy atom. The van der Waals surface area contributed by atoms with Gasteiger partial charge in [-0.3, -0.25) is 0 Å². The molecule has 0 fully saturated rings. The molecule has 4 nitrogen and oxygen atoms in total. The van der Waals surface area contributed by atoms with E-state index in [1.807, 2.05) is 6.07 Å². The van der Waals surface area contributed by atoms with Crippen LogP contribution in [0.1, 0.15) is 22.9 Å². The minimum Gasteiger partial charge on any atom is -0.456 e. The van der Waals surface area contributed by atoms with Crippen LogP contribution in [0.25, 0.3) is 104 Å². The molecule has 270 valence electrons. The summed E-state index contributed by atoms with van der Waals surface area (Å²) in [6.45, 7) is 0. The van der Waals surface area contributed by atoms with E-state index in [9.17, 15) is 0 Å². The first-order valence-corrected chi connectivity index (χ1v) is 20.0. The lowest BCUT2D eigenvalue weighted by Crippen LogP contribution is -2.16. The molecule has 0 saturated carbocycles. The molecule has 4 heteroatoms. The predicted octanol–water partition coefficient (Wildman–Crippen LogP) is 14.0. The number of nitrogens with zero attached hydrogens (tertiary/aromatic N) is 3. The third-order valence-electron chi connectivity index (χ3n) is 12.5. The second-order valence-corrected chi connectivity index (χ2v) is 15.6. The number of benzene rings is 9. The Morgan fingerprint density at radius 1 is 0.483 bits per heavy atom. The quantitative estimate of drug-likeness (QED) is 0.170. The van der Waals surface area contributed by atoms with Gasteiger partial charge in [-0.2, -0.15) is 0 Å². The standard InChI is InChI=1S/C54H33N3O/c1-2-13-36(14-3-1)57-47-20-10-8-18-40(47)45-29-34(23-26-48(45)57)52-42-25-22-32-12-4-5-15-37(32)53(42)56-54(55-52)46-30-35-28-33-24-27-50-51(41-19-9-11-21-49(41)58-50)44(33)31-43(35)38-16-6-7-17-39(38)46/h1-29,31,46H,30H2. The highest BCUT2D eigenvalue weighted by molar-refractivity contribution is 6.20. The lowest BCUT2D eigenvalue weighted by atomic mass is 9.77. The summed E-state index contributed by atoms with van der Waals surface area (Å²) < 4.78 is 8.68. The van der Waals surface area contributed by atoms with E-state index in [1.54, 1.807) is 0 Å². The van der Waals surface area contributed by atoms with Gasteiger partial charge in [-0.25, -0.2) is 9.97 Å². The lowest BCUT2D eigenvalue weighted by Gasteiger charge is -2.28. The normalized spacial score (nSPS) is 14.0. The van der Waals surface area contributed by atoms with Gasteiger partial charge in [-0.15, -0.1) is 0 Å². The molecule has 1 aliphatic rings.